The summed E-state index contributed by atoms with van der Waals surface area (Å²) in [6, 6.07) is 5.64. The lowest BCUT2D eigenvalue weighted by Crippen LogP contribution is -2.42. The first-order valence-corrected chi connectivity index (χ1v) is 7.17. The van der Waals surface area contributed by atoms with Crippen molar-refractivity contribution in [3.05, 3.63) is 33.8 Å². The summed E-state index contributed by atoms with van der Waals surface area (Å²) in [5.74, 6) is -0.147. The van der Waals surface area contributed by atoms with Crippen LogP contribution in [0.4, 0.5) is 0 Å². The van der Waals surface area contributed by atoms with Gasteiger partial charge in [-0.05, 0) is 30.5 Å². The largest absolute Gasteiger partial charge is 0.354 e. The number of halogens is 2. The maximum absolute atomic E-state index is 11.4. The predicted octanol–water partition coefficient (Wildman–Crippen LogP) is 3.13. The first-order valence-electron chi connectivity index (χ1n) is 6.41. The minimum Gasteiger partial charge on any atom is -0.354 e. The number of nitrogens with two attached hydrogens (primary N) is 1. The van der Waals surface area contributed by atoms with E-state index in [9.17, 15) is 4.79 Å². The Balaban J connectivity index is 3.03. The van der Waals surface area contributed by atoms with Crippen LogP contribution in [0.25, 0.3) is 0 Å². The monoisotopic (exact) mass is 302 g/mol. The molecule has 19 heavy (non-hydrogen) atoms. The van der Waals surface area contributed by atoms with Crippen molar-refractivity contribution in [2.24, 2.45) is 5.73 Å². The second-order valence-corrected chi connectivity index (χ2v) is 5.41. The van der Waals surface area contributed by atoms with Crippen LogP contribution in [0.2, 0.25) is 10.0 Å². The fourth-order valence-electron chi connectivity index (χ4n) is 2.18. The van der Waals surface area contributed by atoms with Gasteiger partial charge in [0.05, 0.1) is 16.6 Å². The number of hydrogen-bond donors (Lipinski definition) is 2. The van der Waals surface area contributed by atoms with Crippen LogP contribution in [0, 0.1) is 0 Å². The number of benzene rings is 1. The van der Waals surface area contributed by atoms with Gasteiger partial charge in [0.15, 0.2) is 0 Å². The molecule has 0 saturated carbocycles. The molecule has 1 amide bonds. The minimum atomic E-state index is -0.147. The number of rotatable bonds is 6. The zero-order valence-electron chi connectivity index (χ0n) is 11.3. The van der Waals surface area contributed by atoms with Crippen molar-refractivity contribution < 1.29 is 4.79 Å². The molecule has 0 bridgehead atoms. The van der Waals surface area contributed by atoms with Gasteiger partial charge in [-0.1, -0.05) is 43.1 Å². The summed E-state index contributed by atoms with van der Waals surface area (Å²) in [7, 11) is 0. The molecule has 0 heterocycles. The summed E-state index contributed by atoms with van der Waals surface area (Å²) >= 11 is 12.0. The van der Waals surface area contributed by atoms with Crippen molar-refractivity contribution in [3.63, 3.8) is 0 Å². The van der Waals surface area contributed by atoms with E-state index in [0.29, 0.717) is 16.6 Å². The molecule has 1 aromatic rings. The molecule has 5 heteroatoms. The number of amides is 1. The second-order valence-electron chi connectivity index (χ2n) is 4.60. The van der Waals surface area contributed by atoms with Gasteiger partial charge in [-0.2, -0.15) is 0 Å². The van der Waals surface area contributed by atoms with Gasteiger partial charge in [0, 0.05) is 12.0 Å². The Labute approximate surface area is 124 Å². The number of hydrogen-bond acceptors (Lipinski definition) is 2. The normalized spacial score (nSPS) is 11.4. The van der Waals surface area contributed by atoms with Crippen LogP contribution in [-0.2, 0) is 10.2 Å². The first kappa shape index (κ1) is 16.3. The Morgan fingerprint density at radius 3 is 2.37 bits per heavy atom. The molecule has 0 fully saturated rings. The highest BCUT2D eigenvalue weighted by atomic mass is 35.5. The minimum absolute atomic E-state index is 0.00484. The van der Waals surface area contributed by atoms with Crippen LogP contribution in [-0.4, -0.2) is 19.0 Å². The molecule has 0 aliphatic heterocycles. The van der Waals surface area contributed by atoms with Crippen molar-refractivity contribution in [1.82, 2.24) is 5.32 Å². The molecule has 0 spiro atoms. The Morgan fingerprint density at radius 2 is 1.89 bits per heavy atom. The van der Waals surface area contributed by atoms with Crippen molar-refractivity contribution in [2.75, 3.05) is 13.1 Å². The lowest BCUT2D eigenvalue weighted by molar-refractivity contribution is -0.120. The zero-order valence-corrected chi connectivity index (χ0v) is 12.8. The van der Waals surface area contributed by atoms with E-state index < -0.39 is 0 Å². The standard InChI is InChI=1S/C14H20Cl2N2O/c1-3-14(4-2,9-18-13(19)8-17)10-5-6-11(15)12(16)7-10/h5-7H,3-4,8-9,17H2,1-2H3,(H,18,19). The van der Waals surface area contributed by atoms with Gasteiger partial charge in [-0.15, -0.1) is 0 Å². The fraction of sp³-hybridized carbons (Fsp3) is 0.500. The van der Waals surface area contributed by atoms with Crippen molar-refractivity contribution in [1.29, 1.82) is 0 Å². The summed E-state index contributed by atoms with van der Waals surface area (Å²) in [6.45, 7) is 4.75. The average molecular weight is 303 g/mol. The molecule has 0 radical (unpaired) electrons. The number of carbonyl (C=O) groups excluding carboxylic acids is 1. The van der Waals surface area contributed by atoms with Crippen molar-refractivity contribution >= 4 is 29.1 Å². The molecule has 106 valence electrons. The highest BCUT2D eigenvalue weighted by Crippen LogP contribution is 2.34. The molecule has 3 N–H and O–H groups in total. The van der Waals surface area contributed by atoms with E-state index >= 15 is 0 Å². The molecular weight excluding hydrogens is 283 g/mol. The molecule has 0 aromatic heterocycles. The Bertz CT molecular complexity index is 445. The van der Waals surface area contributed by atoms with Crippen LogP contribution in [0.1, 0.15) is 32.3 Å². The molecule has 0 atom stereocenters. The van der Waals surface area contributed by atoms with Gasteiger partial charge in [0.25, 0.3) is 0 Å². The SMILES string of the molecule is CCC(CC)(CNC(=O)CN)c1ccc(Cl)c(Cl)c1. The smallest absolute Gasteiger partial charge is 0.233 e. The van der Waals surface area contributed by atoms with E-state index in [0.717, 1.165) is 18.4 Å². The Hall–Kier alpha value is -0.770. The van der Waals surface area contributed by atoms with E-state index in [1.165, 1.54) is 0 Å². The van der Waals surface area contributed by atoms with E-state index in [-0.39, 0.29) is 17.9 Å². The van der Waals surface area contributed by atoms with Gasteiger partial charge in [-0.3, -0.25) is 4.79 Å². The van der Waals surface area contributed by atoms with E-state index in [1.807, 2.05) is 12.1 Å². The lowest BCUT2D eigenvalue weighted by Gasteiger charge is -2.33. The molecule has 1 aromatic carbocycles. The summed E-state index contributed by atoms with van der Waals surface area (Å²) in [4.78, 5) is 11.4. The number of nitrogens with one attached hydrogen (secondary N) is 1. The average Bonchev–Trinajstić information content (AvgIpc) is 2.43. The topological polar surface area (TPSA) is 55.1 Å². The summed E-state index contributed by atoms with van der Waals surface area (Å²) in [5.41, 5.74) is 6.26. The fourth-order valence-corrected chi connectivity index (χ4v) is 2.47. The highest BCUT2D eigenvalue weighted by Gasteiger charge is 2.29. The predicted molar refractivity (Wildman–Crippen MR) is 80.8 cm³/mol. The molecule has 1 rings (SSSR count). The lowest BCUT2D eigenvalue weighted by atomic mass is 9.76. The molecule has 0 aliphatic rings. The summed E-state index contributed by atoms with van der Waals surface area (Å²) in [5, 5.41) is 3.94. The molecule has 0 aliphatic carbocycles. The third kappa shape index (κ3) is 3.85. The maximum atomic E-state index is 11.4. The van der Waals surface area contributed by atoms with Crippen LogP contribution >= 0.6 is 23.2 Å². The van der Waals surface area contributed by atoms with Crippen molar-refractivity contribution in [3.8, 4) is 0 Å². The number of carbonyl (C=O) groups is 1. The third-order valence-electron chi connectivity index (χ3n) is 3.69. The third-order valence-corrected chi connectivity index (χ3v) is 4.43. The first-order chi connectivity index (χ1) is 8.99. The van der Waals surface area contributed by atoms with Gasteiger partial charge in [0.1, 0.15) is 0 Å². The van der Waals surface area contributed by atoms with Crippen LogP contribution in [0.3, 0.4) is 0 Å². The van der Waals surface area contributed by atoms with Crippen molar-refractivity contribution in [2.45, 2.75) is 32.1 Å². The van der Waals surface area contributed by atoms with Gasteiger partial charge in [-0.25, -0.2) is 0 Å². The van der Waals surface area contributed by atoms with Gasteiger partial charge < -0.3 is 11.1 Å². The van der Waals surface area contributed by atoms with Gasteiger partial charge >= 0.3 is 0 Å². The molecule has 3 nitrogen and oxygen atoms in total. The van der Waals surface area contributed by atoms with Gasteiger partial charge in [0.2, 0.25) is 5.91 Å². The molecule has 0 saturated heterocycles. The quantitative estimate of drug-likeness (QED) is 0.848. The summed E-state index contributed by atoms with van der Waals surface area (Å²) in [6.07, 6.45) is 1.79. The van der Waals surface area contributed by atoms with Crippen LogP contribution in [0.5, 0.6) is 0 Å². The van der Waals surface area contributed by atoms with Crippen LogP contribution in [0.15, 0.2) is 18.2 Å². The zero-order chi connectivity index (χ0) is 14.5. The van der Waals surface area contributed by atoms with E-state index in [2.05, 4.69) is 19.2 Å². The van der Waals surface area contributed by atoms with Crippen LogP contribution < -0.4 is 11.1 Å². The summed E-state index contributed by atoms with van der Waals surface area (Å²) < 4.78 is 0. The Morgan fingerprint density at radius 1 is 1.26 bits per heavy atom. The second kappa shape index (κ2) is 7.13. The Kier molecular flexibility index (Phi) is 6.11. The highest BCUT2D eigenvalue weighted by molar-refractivity contribution is 6.42. The molecule has 0 unspecified atom stereocenters. The maximum Gasteiger partial charge on any atom is 0.233 e. The molecular formula is C14H20Cl2N2O. The van der Waals surface area contributed by atoms with E-state index in [1.54, 1.807) is 6.07 Å². The van der Waals surface area contributed by atoms with E-state index in [4.69, 9.17) is 28.9 Å².